The van der Waals surface area contributed by atoms with Gasteiger partial charge in [0.1, 0.15) is 6.33 Å². The number of alkyl halides is 3. The maximum atomic E-state index is 12.6. The average molecular weight is 284 g/mol. The number of hydrogen-bond acceptors (Lipinski definition) is 5. The Balaban J connectivity index is 2.12. The first-order valence-electron chi connectivity index (χ1n) is 5.48. The maximum Gasteiger partial charge on any atom is 0.431 e. The van der Waals surface area contributed by atoms with Crippen molar-refractivity contribution in [1.29, 1.82) is 0 Å². The minimum Gasteiger partial charge on any atom is -0.272 e. The average Bonchev–Trinajstić information content (AvgIpc) is 2.93. The number of fused-ring (bicyclic) bond motifs is 1. The summed E-state index contributed by atoms with van der Waals surface area (Å²) in [7, 11) is 1.62. The van der Waals surface area contributed by atoms with Crippen LogP contribution in [-0.2, 0) is 11.8 Å². The van der Waals surface area contributed by atoms with Crippen LogP contribution >= 0.6 is 0 Å². The summed E-state index contributed by atoms with van der Waals surface area (Å²) in [5, 5.41) is 8.25. The van der Waals surface area contributed by atoms with E-state index in [-0.39, 0.29) is 5.82 Å². The zero-order chi connectivity index (χ0) is 14.5. The van der Waals surface area contributed by atoms with Crippen LogP contribution in [0.15, 0.2) is 17.6 Å². The van der Waals surface area contributed by atoms with Gasteiger partial charge in [0.2, 0.25) is 0 Å². The highest BCUT2D eigenvalue weighted by Crippen LogP contribution is 2.30. The lowest BCUT2D eigenvalue weighted by Crippen LogP contribution is -2.22. The molecule has 1 aliphatic rings. The van der Waals surface area contributed by atoms with Gasteiger partial charge in [0.05, 0.1) is 18.0 Å². The number of rotatable bonds is 1. The Bertz CT molecular complexity index is 734. The number of carbonyl (C=O) groups excluding carboxylic acids is 1. The number of aromatic nitrogens is 4. The molecule has 2 aromatic heterocycles. The molecule has 0 bridgehead atoms. The van der Waals surface area contributed by atoms with Crippen molar-refractivity contribution in [3.05, 3.63) is 12.5 Å². The molecule has 1 aliphatic heterocycles. The molecule has 0 saturated heterocycles. The molecule has 0 aliphatic carbocycles. The molecule has 0 unspecified atom stereocenters. The zero-order valence-electron chi connectivity index (χ0n) is 10.1. The highest BCUT2D eigenvalue weighted by molar-refractivity contribution is 6.16. The Hall–Kier alpha value is -2.52. The van der Waals surface area contributed by atoms with E-state index in [0.29, 0.717) is 16.0 Å². The standard InChI is InChI=1S/C10H7F3N6O/c1-18-8-5(3-16-18)9(15-4-14-8)19-7(20)2-6(17-19)10(11,12)13/h3-4H,2H2,1H3. The van der Waals surface area contributed by atoms with Crippen molar-refractivity contribution in [3.8, 4) is 0 Å². The third-order valence-electron chi connectivity index (χ3n) is 2.81. The largest absolute Gasteiger partial charge is 0.431 e. The zero-order valence-corrected chi connectivity index (χ0v) is 10.1. The minimum atomic E-state index is -4.63. The van der Waals surface area contributed by atoms with Gasteiger partial charge in [-0.15, -0.1) is 0 Å². The second kappa shape index (κ2) is 3.99. The Morgan fingerprint density at radius 3 is 2.70 bits per heavy atom. The molecule has 10 heteroatoms. The second-order valence-corrected chi connectivity index (χ2v) is 4.13. The van der Waals surface area contributed by atoms with Crippen molar-refractivity contribution in [1.82, 2.24) is 19.7 Å². The third kappa shape index (κ3) is 1.80. The van der Waals surface area contributed by atoms with E-state index in [1.807, 2.05) is 0 Å². The predicted molar refractivity (Wildman–Crippen MR) is 61.9 cm³/mol. The summed E-state index contributed by atoms with van der Waals surface area (Å²) in [6.45, 7) is 0. The van der Waals surface area contributed by atoms with Gasteiger partial charge in [-0.2, -0.15) is 28.4 Å². The van der Waals surface area contributed by atoms with E-state index in [1.165, 1.54) is 10.9 Å². The summed E-state index contributed by atoms with van der Waals surface area (Å²) in [5.41, 5.74) is -0.739. The summed E-state index contributed by atoms with van der Waals surface area (Å²) < 4.78 is 39.2. The molecule has 2 aromatic rings. The van der Waals surface area contributed by atoms with Crippen LogP contribution in [-0.4, -0.2) is 37.5 Å². The fourth-order valence-electron chi connectivity index (χ4n) is 1.87. The lowest BCUT2D eigenvalue weighted by molar-refractivity contribution is -0.117. The lowest BCUT2D eigenvalue weighted by Gasteiger charge is -2.10. The molecule has 0 radical (unpaired) electrons. The van der Waals surface area contributed by atoms with E-state index in [0.717, 1.165) is 6.33 Å². The van der Waals surface area contributed by atoms with Gasteiger partial charge in [-0.3, -0.25) is 9.48 Å². The Morgan fingerprint density at radius 1 is 1.30 bits per heavy atom. The number of aryl methyl sites for hydroxylation is 1. The van der Waals surface area contributed by atoms with Crippen molar-refractivity contribution < 1.29 is 18.0 Å². The van der Waals surface area contributed by atoms with Crippen LogP contribution < -0.4 is 5.01 Å². The summed E-state index contributed by atoms with van der Waals surface area (Å²) in [6.07, 6.45) is -2.91. The van der Waals surface area contributed by atoms with Crippen molar-refractivity contribution >= 4 is 28.5 Å². The summed E-state index contributed by atoms with van der Waals surface area (Å²) in [4.78, 5) is 19.5. The molecular weight excluding hydrogens is 277 g/mol. The monoisotopic (exact) mass is 284 g/mol. The van der Waals surface area contributed by atoms with Crippen LogP contribution in [0.5, 0.6) is 0 Å². The molecule has 3 heterocycles. The molecule has 20 heavy (non-hydrogen) atoms. The maximum absolute atomic E-state index is 12.6. The van der Waals surface area contributed by atoms with E-state index in [1.54, 1.807) is 7.05 Å². The van der Waals surface area contributed by atoms with E-state index in [2.05, 4.69) is 20.2 Å². The van der Waals surface area contributed by atoms with Gasteiger partial charge in [0, 0.05) is 7.05 Å². The molecule has 104 valence electrons. The van der Waals surface area contributed by atoms with Gasteiger partial charge in [-0.1, -0.05) is 0 Å². The van der Waals surface area contributed by atoms with Crippen LogP contribution in [0.3, 0.4) is 0 Å². The number of carbonyl (C=O) groups is 1. The van der Waals surface area contributed by atoms with Gasteiger partial charge in [-0.25, -0.2) is 9.97 Å². The summed E-state index contributed by atoms with van der Waals surface area (Å²) >= 11 is 0. The fraction of sp³-hybridized carbons (Fsp3) is 0.300. The molecule has 0 fully saturated rings. The predicted octanol–water partition coefficient (Wildman–Crippen LogP) is 1.02. The first kappa shape index (κ1) is 12.5. The van der Waals surface area contributed by atoms with Crippen LogP contribution in [0.2, 0.25) is 0 Å². The summed E-state index contributed by atoms with van der Waals surface area (Å²) in [6, 6.07) is 0. The summed E-state index contributed by atoms with van der Waals surface area (Å²) in [5.74, 6) is -0.798. The molecule has 0 spiro atoms. The molecule has 0 N–H and O–H groups in total. The van der Waals surface area contributed by atoms with Gasteiger partial charge in [-0.05, 0) is 0 Å². The Kier molecular flexibility index (Phi) is 2.49. The molecule has 0 saturated carbocycles. The van der Waals surface area contributed by atoms with E-state index >= 15 is 0 Å². The van der Waals surface area contributed by atoms with Crippen molar-refractivity contribution in [2.75, 3.05) is 5.01 Å². The van der Waals surface area contributed by atoms with Crippen LogP contribution in [0.1, 0.15) is 6.42 Å². The van der Waals surface area contributed by atoms with Crippen LogP contribution in [0.25, 0.3) is 11.0 Å². The number of nitrogens with zero attached hydrogens (tertiary/aromatic N) is 6. The fourth-order valence-corrected chi connectivity index (χ4v) is 1.87. The van der Waals surface area contributed by atoms with Crippen LogP contribution in [0.4, 0.5) is 19.0 Å². The van der Waals surface area contributed by atoms with Crippen molar-refractivity contribution in [3.63, 3.8) is 0 Å². The second-order valence-electron chi connectivity index (χ2n) is 4.13. The first-order chi connectivity index (χ1) is 9.38. The molecule has 3 rings (SSSR count). The smallest absolute Gasteiger partial charge is 0.272 e. The molecular formula is C10H7F3N6O. The number of halogens is 3. The quantitative estimate of drug-likeness (QED) is 0.783. The van der Waals surface area contributed by atoms with Gasteiger partial charge < -0.3 is 0 Å². The number of hydrazone groups is 1. The van der Waals surface area contributed by atoms with Gasteiger partial charge in [0.15, 0.2) is 17.2 Å². The van der Waals surface area contributed by atoms with Crippen LogP contribution in [0, 0.1) is 0 Å². The Morgan fingerprint density at radius 2 is 2.05 bits per heavy atom. The number of anilines is 1. The Labute approximate surface area is 109 Å². The lowest BCUT2D eigenvalue weighted by atomic mass is 10.2. The topological polar surface area (TPSA) is 76.3 Å². The normalized spacial score (nSPS) is 16.1. The molecule has 7 nitrogen and oxygen atoms in total. The van der Waals surface area contributed by atoms with E-state index in [9.17, 15) is 18.0 Å². The van der Waals surface area contributed by atoms with Gasteiger partial charge in [0.25, 0.3) is 5.91 Å². The highest BCUT2D eigenvalue weighted by Gasteiger charge is 2.43. The van der Waals surface area contributed by atoms with Gasteiger partial charge >= 0.3 is 6.18 Å². The first-order valence-corrected chi connectivity index (χ1v) is 5.48. The SMILES string of the molecule is Cn1ncc2c(N3N=C(C(F)(F)F)CC3=O)ncnc21. The minimum absolute atomic E-state index is 0.00708. The van der Waals surface area contributed by atoms with Crippen molar-refractivity contribution in [2.45, 2.75) is 12.6 Å². The molecule has 0 atom stereocenters. The third-order valence-corrected chi connectivity index (χ3v) is 2.81. The molecule has 0 aromatic carbocycles. The number of amides is 1. The number of hydrogen-bond donors (Lipinski definition) is 0. The van der Waals surface area contributed by atoms with E-state index in [4.69, 9.17) is 0 Å². The van der Waals surface area contributed by atoms with E-state index < -0.39 is 24.2 Å². The van der Waals surface area contributed by atoms with Crippen molar-refractivity contribution in [2.24, 2.45) is 12.1 Å². The molecule has 1 amide bonds. The highest BCUT2D eigenvalue weighted by atomic mass is 19.4.